The molecule has 1 aliphatic rings. The number of hydrogen-bond acceptors (Lipinski definition) is 4. The van der Waals surface area contributed by atoms with Crippen LogP contribution >= 0.6 is 0 Å². The van der Waals surface area contributed by atoms with Crippen LogP contribution in [0.15, 0.2) is 0 Å². The van der Waals surface area contributed by atoms with Crippen molar-refractivity contribution in [1.29, 1.82) is 0 Å². The molecule has 0 aromatic heterocycles. The highest BCUT2D eigenvalue weighted by Crippen LogP contribution is 2.22. The lowest BCUT2D eigenvalue weighted by atomic mass is 9.89. The molecule has 0 aromatic carbocycles. The zero-order valence-electron chi connectivity index (χ0n) is 11.4. The molecule has 2 unspecified atom stereocenters. The van der Waals surface area contributed by atoms with E-state index in [1.165, 1.54) is 10.6 Å². The summed E-state index contributed by atoms with van der Waals surface area (Å²) in [6, 6.07) is -0.432. The molecule has 0 aromatic rings. The van der Waals surface area contributed by atoms with Gasteiger partial charge in [-0.25, -0.2) is 12.7 Å². The summed E-state index contributed by atoms with van der Waals surface area (Å²) in [5, 5.41) is 0. The van der Waals surface area contributed by atoms with Gasteiger partial charge in [-0.3, -0.25) is 4.79 Å². The molecule has 2 N–H and O–H groups in total. The molecule has 0 saturated carbocycles. The fourth-order valence-corrected chi connectivity index (χ4v) is 3.23. The monoisotopic (exact) mass is 276 g/mol. The summed E-state index contributed by atoms with van der Waals surface area (Å²) in [7, 11) is -3.14. The summed E-state index contributed by atoms with van der Waals surface area (Å²) >= 11 is 0. The highest BCUT2D eigenvalue weighted by atomic mass is 32.2. The minimum atomic E-state index is -3.14. The van der Waals surface area contributed by atoms with Crippen LogP contribution in [0.3, 0.4) is 0 Å². The van der Waals surface area contributed by atoms with Crippen LogP contribution in [0.1, 0.15) is 33.1 Å². The summed E-state index contributed by atoms with van der Waals surface area (Å²) in [6.45, 7) is 4.87. The Morgan fingerprint density at radius 3 is 2.56 bits per heavy atom. The molecule has 0 amide bonds. The van der Waals surface area contributed by atoms with Crippen LogP contribution in [0.5, 0.6) is 0 Å². The first kappa shape index (κ1) is 15.6. The SMILES string of the molecule is CC(C)C(N)C(=O)CC1CCCN(S(C)(=O)=O)C1. The van der Waals surface area contributed by atoms with Gasteiger partial charge in [0.25, 0.3) is 0 Å². The van der Waals surface area contributed by atoms with Gasteiger partial charge in [-0.1, -0.05) is 13.8 Å². The predicted molar refractivity (Wildman–Crippen MR) is 71.6 cm³/mol. The molecular formula is C12H24N2O3S. The molecule has 1 fully saturated rings. The minimum absolute atomic E-state index is 0.0466. The summed E-state index contributed by atoms with van der Waals surface area (Å²) < 4.78 is 24.4. The number of nitrogens with two attached hydrogens (primary N) is 1. The highest BCUT2D eigenvalue weighted by molar-refractivity contribution is 7.88. The Labute approximate surface area is 110 Å². The molecule has 2 atom stereocenters. The van der Waals surface area contributed by atoms with E-state index in [4.69, 9.17) is 5.73 Å². The van der Waals surface area contributed by atoms with Gasteiger partial charge in [0.1, 0.15) is 5.78 Å². The van der Waals surface area contributed by atoms with E-state index in [0.29, 0.717) is 19.5 Å². The number of ketones is 1. The van der Waals surface area contributed by atoms with E-state index in [1.54, 1.807) is 0 Å². The van der Waals surface area contributed by atoms with Gasteiger partial charge >= 0.3 is 0 Å². The molecule has 0 aliphatic carbocycles. The Kier molecular flexibility index (Phi) is 5.31. The molecule has 18 heavy (non-hydrogen) atoms. The van der Waals surface area contributed by atoms with Crippen LogP contribution < -0.4 is 5.73 Å². The summed E-state index contributed by atoms with van der Waals surface area (Å²) in [5.74, 6) is 0.295. The van der Waals surface area contributed by atoms with Gasteiger partial charge < -0.3 is 5.73 Å². The third-order valence-corrected chi connectivity index (χ3v) is 4.80. The average Bonchev–Trinajstić information content (AvgIpc) is 2.27. The summed E-state index contributed by atoms with van der Waals surface area (Å²) in [6.07, 6.45) is 3.34. The fraction of sp³-hybridized carbons (Fsp3) is 0.917. The maximum absolute atomic E-state index is 11.9. The molecule has 5 nitrogen and oxygen atoms in total. The van der Waals surface area contributed by atoms with Crippen LogP contribution in [0.25, 0.3) is 0 Å². The van der Waals surface area contributed by atoms with Crippen molar-refractivity contribution in [2.24, 2.45) is 17.6 Å². The standard InChI is InChI=1S/C12H24N2O3S/c1-9(2)12(13)11(15)7-10-5-4-6-14(8-10)18(3,16)17/h9-10,12H,4-8,13H2,1-3H3. The first-order valence-electron chi connectivity index (χ1n) is 6.45. The van der Waals surface area contributed by atoms with Crippen molar-refractivity contribution in [3.05, 3.63) is 0 Å². The molecule has 6 heteroatoms. The molecule has 0 radical (unpaired) electrons. The lowest BCUT2D eigenvalue weighted by Gasteiger charge is -2.31. The molecule has 1 aliphatic heterocycles. The highest BCUT2D eigenvalue weighted by Gasteiger charge is 2.29. The Bertz CT molecular complexity index is 392. The summed E-state index contributed by atoms with van der Waals surface area (Å²) in [5.41, 5.74) is 5.82. The number of sulfonamides is 1. The van der Waals surface area contributed by atoms with Gasteiger partial charge in [-0.05, 0) is 24.7 Å². The molecule has 1 heterocycles. The van der Waals surface area contributed by atoms with Crippen molar-refractivity contribution in [3.63, 3.8) is 0 Å². The quantitative estimate of drug-likeness (QED) is 0.797. The number of carbonyl (C=O) groups excluding carboxylic acids is 1. The second-order valence-corrected chi connectivity index (χ2v) is 7.55. The predicted octanol–water partition coefficient (Wildman–Crippen LogP) is 0.601. The van der Waals surface area contributed by atoms with Gasteiger partial charge in [-0.15, -0.1) is 0 Å². The van der Waals surface area contributed by atoms with Crippen molar-refractivity contribution in [3.8, 4) is 0 Å². The number of nitrogens with zero attached hydrogens (tertiary/aromatic N) is 1. The van der Waals surface area contributed by atoms with Crippen molar-refractivity contribution >= 4 is 15.8 Å². The normalized spacial score (nSPS) is 24.2. The zero-order valence-corrected chi connectivity index (χ0v) is 12.2. The zero-order chi connectivity index (χ0) is 13.9. The van der Waals surface area contributed by atoms with Crippen molar-refractivity contribution < 1.29 is 13.2 Å². The van der Waals surface area contributed by atoms with E-state index in [9.17, 15) is 13.2 Å². The lowest BCUT2D eigenvalue weighted by molar-refractivity contribution is -0.122. The van der Waals surface area contributed by atoms with Crippen LogP contribution in [0.4, 0.5) is 0 Å². The molecule has 1 saturated heterocycles. The van der Waals surface area contributed by atoms with Crippen molar-refractivity contribution in [2.45, 2.75) is 39.2 Å². The maximum Gasteiger partial charge on any atom is 0.211 e. The number of Topliss-reactive ketones (excluding diaryl/α,β-unsaturated/α-hetero) is 1. The molecule has 0 spiro atoms. The van der Waals surface area contributed by atoms with Gasteiger partial charge in [-0.2, -0.15) is 0 Å². The van der Waals surface area contributed by atoms with Crippen molar-refractivity contribution in [2.75, 3.05) is 19.3 Å². The molecular weight excluding hydrogens is 252 g/mol. The first-order valence-corrected chi connectivity index (χ1v) is 8.30. The first-order chi connectivity index (χ1) is 8.21. The minimum Gasteiger partial charge on any atom is -0.321 e. The number of hydrogen-bond donors (Lipinski definition) is 1. The second kappa shape index (κ2) is 6.12. The van der Waals surface area contributed by atoms with Crippen LogP contribution in [-0.2, 0) is 14.8 Å². The molecule has 0 bridgehead atoms. The largest absolute Gasteiger partial charge is 0.321 e. The smallest absolute Gasteiger partial charge is 0.211 e. The van der Waals surface area contributed by atoms with E-state index in [0.717, 1.165) is 12.8 Å². The van der Waals surface area contributed by atoms with E-state index < -0.39 is 16.1 Å². The summed E-state index contributed by atoms with van der Waals surface area (Å²) in [4.78, 5) is 11.9. The van der Waals surface area contributed by atoms with Crippen LogP contribution in [0, 0.1) is 11.8 Å². The van der Waals surface area contributed by atoms with Gasteiger partial charge in [0.15, 0.2) is 0 Å². The Morgan fingerprint density at radius 2 is 2.06 bits per heavy atom. The molecule has 106 valence electrons. The third kappa shape index (κ3) is 4.33. The van der Waals surface area contributed by atoms with E-state index in [2.05, 4.69) is 0 Å². The van der Waals surface area contributed by atoms with Crippen LogP contribution in [-0.4, -0.2) is 43.9 Å². The third-order valence-electron chi connectivity index (χ3n) is 3.53. The number of carbonyl (C=O) groups is 1. The van der Waals surface area contributed by atoms with Gasteiger partial charge in [0, 0.05) is 19.5 Å². The van der Waals surface area contributed by atoms with Gasteiger partial charge in [0.2, 0.25) is 10.0 Å². The number of piperidine rings is 1. The van der Waals surface area contributed by atoms with Gasteiger partial charge in [0.05, 0.1) is 12.3 Å². The molecule has 1 rings (SSSR count). The number of rotatable bonds is 5. The van der Waals surface area contributed by atoms with Crippen molar-refractivity contribution in [1.82, 2.24) is 4.31 Å². The maximum atomic E-state index is 11.9. The average molecular weight is 276 g/mol. The topological polar surface area (TPSA) is 80.5 Å². The Morgan fingerprint density at radius 1 is 1.44 bits per heavy atom. The Balaban J connectivity index is 2.56. The van der Waals surface area contributed by atoms with E-state index >= 15 is 0 Å². The second-order valence-electron chi connectivity index (χ2n) is 5.57. The van der Waals surface area contributed by atoms with E-state index in [-0.39, 0.29) is 17.6 Å². The lowest BCUT2D eigenvalue weighted by Crippen LogP contribution is -2.42. The fourth-order valence-electron chi connectivity index (χ4n) is 2.29. The van der Waals surface area contributed by atoms with E-state index in [1.807, 2.05) is 13.8 Å². The van der Waals surface area contributed by atoms with Crippen LogP contribution in [0.2, 0.25) is 0 Å². The Hall–Kier alpha value is -0.460.